The largest absolute Gasteiger partial charge is 0.416 e. The molecule has 1 atom stereocenters. The maximum atomic E-state index is 12.6. The Labute approximate surface area is 142 Å². The van der Waals surface area contributed by atoms with Crippen LogP contribution in [0.4, 0.5) is 19.0 Å². The van der Waals surface area contributed by atoms with Crippen molar-refractivity contribution in [2.45, 2.75) is 25.1 Å². The molecule has 1 aliphatic heterocycles. The van der Waals surface area contributed by atoms with Gasteiger partial charge in [-0.15, -0.1) is 0 Å². The van der Waals surface area contributed by atoms with Crippen molar-refractivity contribution >= 4 is 17.4 Å². The van der Waals surface area contributed by atoms with Crippen LogP contribution in [0, 0.1) is 0 Å². The lowest BCUT2D eigenvalue weighted by molar-refractivity contribution is -0.137. The molecule has 8 heteroatoms. The quantitative estimate of drug-likeness (QED) is 0.823. The zero-order valence-electron chi connectivity index (χ0n) is 12.6. The SMILES string of the molecule is FC(F)(F)c1ccc(-c2nc(Cl)cc(NC[C@H]3CCCO3)n2)cc1. The van der Waals surface area contributed by atoms with Crippen LogP contribution in [0.2, 0.25) is 5.15 Å². The predicted octanol–water partition coefficient (Wildman–Crippen LogP) is 4.41. The van der Waals surface area contributed by atoms with E-state index in [1.54, 1.807) is 6.07 Å². The van der Waals surface area contributed by atoms with Crippen LogP contribution in [0.25, 0.3) is 11.4 Å². The third kappa shape index (κ3) is 4.15. The molecular formula is C16H15ClF3N3O. The smallest absolute Gasteiger partial charge is 0.376 e. The van der Waals surface area contributed by atoms with E-state index in [0.29, 0.717) is 17.9 Å². The summed E-state index contributed by atoms with van der Waals surface area (Å²) in [5.41, 5.74) is -0.254. The molecule has 2 heterocycles. The first-order valence-electron chi connectivity index (χ1n) is 7.49. The van der Waals surface area contributed by atoms with Gasteiger partial charge in [-0.1, -0.05) is 23.7 Å². The monoisotopic (exact) mass is 357 g/mol. The van der Waals surface area contributed by atoms with E-state index in [9.17, 15) is 13.2 Å². The van der Waals surface area contributed by atoms with Gasteiger partial charge in [0.25, 0.3) is 0 Å². The normalized spacial score (nSPS) is 17.9. The van der Waals surface area contributed by atoms with Crippen molar-refractivity contribution in [3.05, 3.63) is 41.0 Å². The third-order valence-corrected chi connectivity index (χ3v) is 3.89. The first-order chi connectivity index (χ1) is 11.4. The van der Waals surface area contributed by atoms with Crippen molar-refractivity contribution in [2.75, 3.05) is 18.5 Å². The molecule has 0 radical (unpaired) electrons. The fourth-order valence-electron chi connectivity index (χ4n) is 2.47. The molecule has 0 saturated carbocycles. The number of hydrogen-bond donors (Lipinski definition) is 1. The Morgan fingerprint density at radius 1 is 1.21 bits per heavy atom. The van der Waals surface area contributed by atoms with Crippen LogP contribution in [0.1, 0.15) is 18.4 Å². The van der Waals surface area contributed by atoms with Crippen LogP contribution in [0.3, 0.4) is 0 Å². The van der Waals surface area contributed by atoms with Crippen LogP contribution in [0.5, 0.6) is 0 Å². The first-order valence-corrected chi connectivity index (χ1v) is 7.87. The third-order valence-electron chi connectivity index (χ3n) is 3.70. The minimum Gasteiger partial charge on any atom is -0.376 e. The number of nitrogens with one attached hydrogen (secondary N) is 1. The van der Waals surface area contributed by atoms with Crippen LogP contribution in [-0.2, 0) is 10.9 Å². The topological polar surface area (TPSA) is 47.0 Å². The van der Waals surface area contributed by atoms with Crippen molar-refractivity contribution in [1.29, 1.82) is 0 Å². The minimum absolute atomic E-state index is 0.133. The molecule has 2 aromatic rings. The van der Waals surface area contributed by atoms with E-state index in [1.165, 1.54) is 12.1 Å². The van der Waals surface area contributed by atoms with Gasteiger partial charge >= 0.3 is 6.18 Å². The summed E-state index contributed by atoms with van der Waals surface area (Å²) in [6.07, 6.45) is -2.22. The van der Waals surface area contributed by atoms with Crippen molar-refractivity contribution in [3.63, 3.8) is 0 Å². The Hall–Kier alpha value is -1.86. The lowest BCUT2D eigenvalue weighted by Crippen LogP contribution is -2.19. The van der Waals surface area contributed by atoms with E-state index in [2.05, 4.69) is 15.3 Å². The minimum atomic E-state index is -4.37. The van der Waals surface area contributed by atoms with Crippen molar-refractivity contribution in [2.24, 2.45) is 0 Å². The number of halogens is 4. The van der Waals surface area contributed by atoms with Gasteiger partial charge in [-0.3, -0.25) is 0 Å². The molecule has 0 unspecified atom stereocenters. The zero-order chi connectivity index (χ0) is 17.2. The number of ether oxygens (including phenoxy) is 1. The number of aromatic nitrogens is 2. The number of alkyl halides is 3. The maximum Gasteiger partial charge on any atom is 0.416 e. The number of nitrogens with zero attached hydrogens (tertiary/aromatic N) is 2. The Balaban J connectivity index is 1.77. The van der Waals surface area contributed by atoms with Gasteiger partial charge in [0.15, 0.2) is 5.82 Å². The van der Waals surface area contributed by atoms with Crippen LogP contribution < -0.4 is 5.32 Å². The van der Waals surface area contributed by atoms with E-state index in [1.807, 2.05) is 0 Å². The second kappa shape index (κ2) is 6.94. The molecule has 1 saturated heterocycles. The van der Waals surface area contributed by atoms with E-state index in [0.717, 1.165) is 31.6 Å². The molecule has 0 spiro atoms. The standard InChI is InChI=1S/C16H15ClF3N3O/c17-13-8-14(21-9-12-2-1-7-24-12)23-15(22-13)10-3-5-11(6-4-10)16(18,19)20/h3-6,8,12H,1-2,7,9H2,(H,21,22,23)/t12-/m1/s1. The highest BCUT2D eigenvalue weighted by Crippen LogP contribution is 2.30. The van der Waals surface area contributed by atoms with Crippen LogP contribution in [0.15, 0.2) is 30.3 Å². The summed E-state index contributed by atoms with van der Waals surface area (Å²) >= 11 is 6.00. The fourth-order valence-corrected chi connectivity index (χ4v) is 2.65. The highest BCUT2D eigenvalue weighted by atomic mass is 35.5. The van der Waals surface area contributed by atoms with Crippen molar-refractivity contribution < 1.29 is 17.9 Å². The Morgan fingerprint density at radius 3 is 2.58 bits per heavy atom. The molecule has 1 fully saturated rings. The van der Waals surface area contributed by atoms with E-state index >= 15 is 0 Å². The molecule has 1 N–H and O–H groups in total. The lowest BCUT2D eigenvalue weighted by Gasteiger charge is -2.12. The second-order valence-corrected chi connectivity index (χ2v) is 5.88. The number of rotatable bonds is 4. The molecule has 0 aliphatic carbocycles. The summed E-state index contributed by atoms with van der Waals surface area (Å²) in [4.78, 5) is 8.39. The molecule has 0 amide bonds. The van der Waals surface area contributed by atoms with Crippen LogP contribution in [-0.4, -0.2) is 29.2 Å². The summed E-state index contributed by atoms with van der Waals surface area (Å²) in [6, 6.07) is 6.24. The molecule has 1 aliphatic rings. The van der Waals surface area contributed by atoms with E-state index < -0.39 is 11.7 Å². The summed E-state index contributed by atoms with van der Waals surface area (Å²) in [5, 5.41) is 3.35. The highest BCUT2D eigenvalue weighted by Gasteiger charge is 2.30. The van der Waals surface area contributed by atoms with Crippen LogP contribution >= 0.6 is 11.6 Å². The Kier molecular flexibility index (Phi) is 4.91. The second-order valence-electron chi connectivity index (χ2n) is 5.49. The van der Waals surface area contributed by atoms with Gasteiger partial charge in [-0.25, -0.2) is 9.97 Å². The summed E-state index contributed by atoms with van der Waals surface area (Å²) in [7, 11) is 0. The number of hydrogen-bond acceptors (Lipinski definition) is 4. The lowest BCUT2D eigenvalue weighted by atomic mass is 10.1. The molecule has 128 valence electrons. The number of benzene rings is 1. The van der Waals surface area contributed by atoms with Gasteiger partial charge in [0.2, 0.25) is 0 Å². The molecular weight excluding hydrogens is 343 g/mol. The Bertz CT molecular complexity index is 701. The summed E-state index contributed by atoms with van der Waals surface area (Å²) in [6.45, 7) is 1.35. The van der Waals surface area contributed by atoms with Gasteiger partial charge in [0, 0.05) is 24.8 Å². The van der Waals surface area contributed by atoms with E-state index in [4.69, 9.17) is 16.3 Å². The van der Waals surface area contributed by atoms with Gasteiger partial charge in [-0.05, 0) is 25.0 Å². The van der Waals surface area contributed by atoms with Crippen molar-refractivity contribution in [1.82, 2.24) is 9.97 Å². The maximum absolute atomic E-state index is 12.6. The average Bonchev–Trinajstić information content (AvgIpc) is 3.05. The van der Waals surface area contributed by atoms with E-state index in [-0.39, 0.29) is 17.1 Å². The average molecular weight is 358 g/mol. The summed E-state index contributed by atoms with van der Waals surface area (Å²) < 4.78 is 43.4. The first kappa shape index (κ1) is 17.0. The number of anilines is 1. The van der Waals surface area contributed by atoms with Gasteiger partial charge in [0.1, 0.15) is 11.0 Å². The molecule has 0 bridgehead atoms. The molecule has 4 nitrogen and oxygen atoms in total. The highest BCUT2D eigenvalue weighted by molar-refractivity contribution is 6.29. The fraction of sp³-hybridized carbons (Fsp3) is 0.375. The summed E-state index contributed by atoms with van der Waals surface area (Å²) in [5.74, 6) is 0.784. The molecule has 24 heavy (non-hydrogen) atoms. The van der Waals surface area contributed by atoms with Crippen molar-refractivity contribution in [3.8, 4) is 11.4 Å². The predicted molar refractivity (Wildman–Crippen MR) is 84.9 cm³/mol. The van der Waals surface area contributed by atoms with Gasteiger partial charge in [-0.2, -0.15) is 13.2 Å². The zero-order valence-corrected chi connectivity index (χ0v) is 13.4. The molecule has 1 aromatic carbocycles. The van der Waals surface area contributed by atoms with Gasteiger partial charge < -0.3 is 10.1 Å². The van der Waals surface area contributed by atoms with Gasteiger partial charge in [0.05, 0.1) is 11.7 Å². The Morgan fingerprint density at radius 2 is 1.96 bits per heavy atom. The molecule has 1 aromatic heterocycles. The molecule has 3 rings (SSSR count).